The summed E-state index contributed by atoms with van der Waals surface area (Å²) < 4.78 is 52.4. The molecular weight excluding hydrogens is 334 g/mol. The fourth-order valence-corrected chi connectivity index (χ4v) is 3.31. The zero-order valence-electron chi connectivity index (χ0n) is 12.7. The number of amides is 1. The average molecular weight is 352 g/mol. The van der Waals surface area contributed by atoms with Crippen molar-refractivity contribution in [3.05, 3.63) is 34.6 Å². The van der Waals surface area contributed by atoms with Crippen molar-refractivity contribution < 1.29 is 22.4 Å². The summed E-state index contributed by atoms with van der Waals surface area (Å²) in [6.45, 7) is 0.0546. The van der Waals surface area contributed by atoms with Crippen LogP contribution in [0.15, 0.2) is 18.2 Å². The highest BCUT2D eigenvalue weighted by atomic mass is 35.5. The molecule has 1 amide bonds. The van der Waals surface area contributed by atoms with Crippen LogP contribution < -0.4 is 0 Å². The van der Waals surface area contributed by atoms with Gasteiger partial charge in [-0.25, -0.2) is 4.39 Å². The molecule has 7 heteroatoms. The van der Waals surface area contributed by atoms with E-state index < -0.39 is 29.7 Å². The van der Waals surface area contributed by atoms with Crippen molar-refractivity contribution in [3.63, 3.8) is 0 Å². The average Bonchev–Trinajstić information content (AvgIpc) is 2.48. The second-order valence-corrected chi connectivity index (χ2v) is 6.38. The van der Waals surface area contributed by atoms with Gasteiger partial charge in [-0.1, -0.05) is 30.5 Å². The van der Waals surface area contributed by atoms with Crippen LogP contribution in [0.1, 0.15) is 31.2 Å². The van der Waals surface area contributed by atoms with E-state index in [0.29, 0.717) is 18.4 Å². The van der Waals surface area contributed by atoms with E-state index in [9.17, 15) is 22.4 Å². The second kappa shape index (κ2) is 7.07. The minimum Gasteiger partial charge on any atom is -0.341 e. The lowest BCUT2D eigenvalue weighted by Crippen LogP contribution is -2.43. The van der Waals surface area contributed by atoms with Crippen LogP contribution in [0.3, 0.4) is 0 Å². The van der Waals surface area contributed by atoms with Crippen LogP contribution in [-0.2, 0) is 11.3 Å². The molecule has 0 radical (unpaired) electrons. The van der Waals surface area contributed by atoms with Crippen LogP contribution in [0.2, 0.25) is 5.02 Å². The molecule has 0 saturated heterocycles. The summed E-state index contributed by atoms with van der Waals surface area (Å²) in [6.07, 6.45) is -3.03. The number of carbonyl (C=O) groups excluding carboxylic acids is 1. The first kappa shape index (κ1) is 18.0. The van der Waals surface area contributed by atoms with E-state index in [1.807, 2.05) is 0 Å². The van der Waals surface area contributed by atoms with Crippen molar-refractivity contribution >= 4 is 17.5 Å². The Morgan fingerprint density at radius 3 is 2.57 bits per heavy atom. The van der Waals surface area contributed by atoms with Gasteiger partial charge in [0.25, 0.3) is 0 Å². The predicted molar refractivity (Wildman–Crippen MR) is 79.4 cm³/mol. The van der Waals surface area contributed by atoms with Crippen molar-refractivity contribution in [1.29, 1.82) is 0 Å². The number of carbonyl (C=O) groups is 1. The third-order valence-electron chi connectivity index (χ3n) is 4.30. The van der Waals surface area contributed by atoms with Crippen LogP contribution >= 0.6 is 11.6 Å². The highest BCUT2D eigenvalue weighted by molar-refractivity contribution is 6.31. The summed E-state index contributed by atoms with van der Waals surface area (Å²) in [4.78, 5) is 13.7. The molecular formula is C16H18ClF4NO. The number of nitrogens with zero attached hydrogens (tertiary/aromatic N) is 1. The molecule has 1 aliphatic carbocycles. The Balaban J connectivity index is 2.11. The maximum atomic E-state index is 13.1. The highest BCUT2D eigenvalue weighted by Gasteiger charge is 2.48. The summed E-state index contributed by atoms with van der Waals surface area (Å²) in [7, 11) is 1.45. The zero-order chi connectivity index (χ0) is 17.2. The lowest BCUT2D eigenvalue weighted by Gasteiger charge is -2.34. The van der Waals surface area contributed by atoms with Gasteiger partial charge in [-0.3, -0.25) is 4.79 Å². The first-order valence-electron chi connectivity index (χ1n) is 7.45. The first-order chi connectivity index (χ1) is 10.7. The fourth-order valence-electron chi connectivity index (χ4n) is 3.08. The topological polar surface area (TPSA) is 20.3 Å². The Hall–Kier alpha value is -1.30. The third kappa shape index (κ3) is 4.37. The molecule has 0 aliphatic heterocycles. The van der Waals surface area contributed by atoms with Crippen molar-refractivity contribution in [1.82, 2.24) is 4.90 Å². The Kier molecular flexibility index (Phi) is 5.55. The van der Waals surface area contributed by atoms with Gasteiger partial charge in [0, 0.05) is 24.5 Å². The molecule has 0 aromatic heterocycles. The monoisotopic (exact) mass is 351 g/mol. The number of halogens is 5. The minimum atomic E-state index is -4.37. The molecule has 1 aromatic rings. The molecule has 2 nitrogen and oxygen atoms in total. The number of alkyl halides is 3. The Morgan fingerprint density at radius 1 is 1.30 bits per heavy atom. The lowest BCUT2D eigenvalue weighted by atomic mass is 9.78. The number of rotatable bonds is 3. The molecule has 0 N–H and O–H groups in total. The Bertz CT molecular complexity index is 576. The van der Waals surface area contributed by atoms with E-state index in [4.69, 9.17) is 11.6 Å². The molecule has 0 spiro atoms. The van der Waals surface area contributed by atoms with Crippen molar-refractivity contribution in [2.75, 3.05) is 7.05 Å². The van der Waals surface area contributed by atoms with Gasteiger partial charge in [-0.15, -0.1) is 0 Å². The zero-order valence-corrected chi connectivity index (χ0v) is 13.4. The SMILES string of the molecule is CN(Cc1ccc(F)cc1Cl)C(=O)[C@@H]1CCCC[C@H]1C(F)(F)F. The maximum absolute atomic E-state index is 13.1. The first-order valence-corrected chi connectivity index (χ1v) is 7.83. The molecule has 1 fully saturated rings. The molecule has 23 heavy (non-hydrogen) atoms. The second-order valence-electron chi connectivity index (χ2n) is 5.97. The molecule has 0 bridgehead atoms. The van der Waals surface area contributed by atoms with Crippen molar-refractivity contribution in [2.24, 2.45) is 11.8 Å². The van der Waals surface area contributed by atoms with Crippen molar-refractivity contribution in [3.8, 4) is 0 Å². The van der Waals surface area contributed by atoms with E-state index in [-0.39, 0.29) is 24.4 Å². The van der Waals surface area contributed by atoms with Gasteiger partial charge >= 0.3 is 6.18 Å². The summed E-state index contributed by atoms with van der Waals surface area (Å²) in [6, 6.07) is 3.76. The fraction of sp³-hybridized carbons (Fsp3) is 0.562. The maximum Gasteiger partial charge on any atom is 0.392 e. The molecule has 2 atom stereocenters. The van der Waals surface area contributed by atoms with E-state index in [1.165, 1.54) is 24.1 Å². The van der Waals surface area contributed by atoms with Crippen LogP contribution in [0, 0.1) is 17.7 Å². The highest BCUT2D eigenvalue weighted by Crippen LogP contribution is 2.42. The predicted octanol–water partition coefficient (Wildman–Crippen LogP) is 4.81. The van der Waals surface area contributed by atoms with Gasteiger partial charge < -0.3 is 4.90 Å². The van der Waals surface area contributed by atoms with Gasteiger partial charge in [0.2, 0.25) is 5.91 Å². The molecule has 1 saturated carbocycles. The smallest absolute Gasteiger partial charge is 0.341 e. The van der Waals surface area contributed by atoms with Gasteiger partial charge in [-0.05, 0) is 30.5 Å². The van der Waals surface area contributed by atoms with Gasteiger partial charge in [-0.2, -0.15) is 13.2 Å². The van der Waals surface area contributed by atoms with E-state index in [0.717, 1.165) is 6.07 Å². The van der Waals surface area contributed by atoms with E-state index >= 15 is 0 Å². The quantitative estimate of drug-likeness (QED) is 0.716. The standard InChI is InChI=1S/C16H18ClF4NO/c1-22(9-10-6-7-11(18)8-14(10)17)15(23)12-4-2-3-5-13(12)16(19,20)21/h6-8,12-13H,2-5,9H2,1H3/t12-,13-/m1/s1. The number of benzene rings is 1. The Labute approximate surface area is 137 Å². The summed E-state index contributed by atoms with van der Waals surface area (Å²) in [5.41, 5.74) is 0.503. The molecule has 1 aliphatic rings. The molecule has 0 heterocycles. The lowest BCUT2D eigenvalue weighted by molar-refractivity contribution is -0.200. The van der Waals surface area contributed by atoms with Crippen LogP contribution in [-0.4, -0.2) is 24.0 Å². The summed E-state index contributed by atoms with van der Waals surface area (Å²) in [5, 5.41) is 0.153. The summed E-state index contributed by atoms with van der Waals surface area (Å²) >= 11 is 5.91. The minimum absolute atomic E-state index is 0.00888. The molecule has 2 rings (SSSR count). The van der Waals surface area contributed by atoms with E-state index in [1.54, 1.807) is 0 Å². The largest absolute Gasteiger partial charge is 0.392 e. The van der Waals surface area contributed by atoms with Crippen LogP contribution in [0.25, 0.3) is 0 Å². The van der Waals surface area contributed by atoms with Gasteiger partial charge in [0.05, 0.1) is 5.92 Å². The summed E-state index contributed by atoms with van der Waals surface area (Å²) in [5.74, 6) is -3.67. The number of hydrogen-bond donors (Lipinski definition) is 0. The van der Waals surface area contributed by atoms with Gasteiger partial charge in [0.15, 0.2) is 0 Å². The van der Waals surface area contributed by atoms with Gasteiger partial charge in [0.1, 0.15) is 5.82 Å². The Morgan fingerprint density at radius 2 is 1.96 bits per heavy atom. The normalized spacial score (nSPS) is 22.0. The van der Waals surface area contributed by atoms with Crippen LogP contribution in [0.5, 0.6) is 0 Å². The van der Waals surface area contributed by atoms with E-state index in [2.05, 4.69) is 0 Å². The number of hydrogen-bond acceptors (Lipinski definition) is 1. The molecule has 0 unspecified atom stereocenters. The van der Waals surface area contributed by atoms with Crippen LogP contribution in [0.4, 0.5) is 17.6 Å². The molecule has 128 valence electrons. The van der Waals surface area contributed by atoms with Crippen molar-refractivity contribution in [2.45, 2.75) is 38.4 Å². The third-order valence-corrected chi connectivity index (χ3v) is 4.65. The molecule has 1 aromatic carbocycles.